The molecule has 0 aliphatic heterocycles. The molecule has 0 radical (unpaired) electrons. The molecule has 2 heterocycles. The van der Waals surface area contributed by atoms with E-state index in [0.29, 0.717) is 10.6 Å². The van der Waals surface area contributed by atoms with Crippen molar-refractivity contribution in [1.29, 1.82) is 0 Å². The number of aromatic nitrogens is 4. The summed E-state index contributed by atoms with van der Waals surface area (Å²) in [4.78, 5) is 3.94. The number of aryl methyl sites for hydroxylation is 2. The minimum Gasteiger partial charge on any atom is -0.383 e. The van der Waals surface area contributed by atoms with Gasteiger partial charge in [-0.15, -0.1) is 0 Å². The lowest BCUT2D eigenvalue weighted by Crippen LogP contribution is -1.99. The van der Waals surface area contributed by atoms with Crippen molar-refractivity contribution in [3.8, 4) is 0 Å². The van der Waals surface area contributed by atoms with Gasteiger partial charge in [0, 0.05) is 13.1 Å². The number of rotatable bonds is 0. The number of fused-ring (bicyclic) bond motifs is 1. The van der Waals surface area contributed by atoms with Crippen LogP contribution in [-0.4, -0.2) is 19.2 Å². The van der Waals surface area contributed by atoms with Gasteiger partial charge in [0.05, 0.1) is 0 Å². The van der Waals surface area contributed by atoms with Gasteiger partial charge in [0.1, 0.15) is 17.3 Å². The number of anilines is 1. The molecule has 0 aliphatic rings. The predicted octanol–water partition coefficient (Wildman–Crippen LogP) is 0.688. The maximum absolute atomic E-state index is 5.57. The van der Waals surface area contributed by atoms with E-state index in [1.165, 1.54) is 0 Å². The molecule has 13 heavy (non-hydrogen) atoms. The second-order valence-corrected chi connectivity index (χ2v) is 3.20. The Morgan fingerprint density at radius 2 is 2.23 bits per heavy atom. The highest BCUT2D eigenvalue weighted by atomic mass is 32.1. The van der Waals surface area contributed by atoms with Crippen LogP contribution in [0.2, 0.25) is 0 Å². The highest BCUT2D eigenvalue weighted by molar-refractivity contribution is 7.71. The van der Waals surface area contributed by atoms with E-state index in [1.807, 2.05) is 18.5 Å². The van der Waals surface area contributed by atoms with Gasteiger partial charge in [-0.25, -0.2) is 4.98 Å². The van der Waals surface area contributed by atoms with Crippen molar-refractivity contribution >= 4 is 23.7 Å². The van der Waals surface area contributed by atoms with Gasteiger partial charge in [-0.1, -0.05) is 0 Å². The Morgan fingerprint density at radius 3 is 2.92 bits per heavy atom. The largest absolute Gasteiger partial charge is 0.383 e. The van der Waals surface area contributed by atoms with Crippen LogP contribution >= 0.6 is 12.2 Å². The van der Waals surface area contributed by atoms with Crippen LogP contribution in [0.3, 0.4) is 0 Å². The van der Waals surface area contributed by atoms with Gasteiger partial charge >= 0.3 is 0 Å². The molecule has 0 bridgehead atoms. The van der Waals surface area contributed by atoms with Crippen molar-refractivity contribution < 1.29 is 0 Å². The van der Waals surface area contributed by atoms with Crippen molar-refractivity contribution in [3.63, 3.8) is 0 Å². The molecular formula is C7H9N5S. The molecule has 0 fully saturated rings. The van der Waals surface area contributed by atoms with Crippen molar-refractivity contribution in [2.75, 3.05) is 5.73 Å². The van der Waals surface area contributed by atoms with Gasteiger partial charge < -0.3 is 10.3 Å². The minimum absolute atomic E-state index is 0.388. The smallest absolute Gasteiger partial charge is 0.224 e. The summed E-state index contributed by atoms with van der Waals surface area (Å²) >= 11 is 5.01. The summed E-state index contributed by atoms with van der Waals surface area (Å²) in [6.07, 6.45) is 0. The Bertz CT molecular complexity index is 523. The van der Waals surface area contributed by atoms with Gasteiger partial charge in [-0.2, -0.15) is 9.61 Å². The average molecular weight is 195 g/mol. The zero-order chi connectivity index (χ0) is 9.59. The topological polar surface area (TPSA) is 61.1 Å². The van der Waals surface area contributed by atoms with E-state index >= 15 is 0 Å². The van der Waals surface area contributed by atoms with Crippen LogP contribution in [-0.2, 0) is 7.05 Å². The van der Waals surface area contributed by atoms with Crippen LogP contribution in [0.25, 0.3) is 5.65 Å². The second-order valence-electron chi connectivity index (χ2n) is 2.84. The summed E-state index contributed by atoms with van der Waals surface area (Å²) in [6, 6.07) is 1.75. The summed E-state index contributed by atoms with van der Waals surface area (Å²) < 4.78 is 3.90. The molecule has 2 N–H and O–H groups in total. The van der Waals surface area contributed by atoms with Crippen LogP contribution in [0.1, 0.15) is 5.82 Å². The third-order valence-corrected chi connectivity index (χ3v) is 2.24. The SMILES string of the molecule is Cc1nn2c(=S)nc(N)cc2n1C. The number of nitrogens with zero attached hydrogens (tertiary/aromatic N) is 4. The first-order valence-corrected chi connectivity index (χ1v) is 4.19. The van der Waals surface area contributed by atoms with Crippen molar-refractivity contribution in [1.82, 2.24) is 19.2 Å². The zero-order valence-electron chi connectivity index (χ0n) is 7.35. The van der Waals surface area contributed by atoms with Gasteiger partial charge in [-0.05, 0) is 19.1 Å². The molecule has 0 amide bonds. The molecular weight excluding hydrogens is 186 g/mol. The predicted molar refractivity (Wildman–Crippen MR) is 51.9 cm³/mol. The van der Waals surface area contributed by atoms with E-state index in [-0.39, 0.29) is 0 Å². The van der Waals surface area contributed by atoms with Gasteiger partial charge in [0.25, 0.3) is 0 Å². The van der Waals surface area contributed by atoms with Gasteiger partial charge in [0.15, 0.2) is 0 Å². The Kier molecular flexibility index (Phi) is 1.59. The normalized spacial score (nSPS) is 10.9. The first kappa shape index (κ1) is 8.18. The number of nitrogens with two attached hydrogens (primary N) is 1. The molecule has 0 aliphatic carbocycles. The Morgan fingerprint density at radius 1 is 1.54 bits per heavy atom. The van der Waals surface area contributed by atoms with Crippen molar-refractivity contribution in [2.45, 2.75) is 6.92 Å². The number of hydrogen-bond acceptors (Lipinski definition) is 4. The molecule has 0 atom stereocenters. The molecule has 68 valence electrons. The fourth-order valence-electron chi connectivity index (χ4n) is 1.19. The summed E-state index contributed by atoms with van der Waals surface area (Å²) in [6.45, 7) is 1.90. The Hall–Kier alpha value is -1.43. The molecule has 0 aromatic carbocycles. The summed E-state index contributed by atoms with van der Waals surface area (Å²) in [5, 5.41) is 4.21. The molecule has 5 nitrogen and oxygen atoms in total. The van der Waals surface area contributed by atoms with Crippen LogP contribution in [0.4, 0.5) is 5.82 Å². The van der Waals surface area contributed by atoms with Crippen molar-refractivity contribution in [3.05, 3.63) is 16.7 Å². The molecule has 2 aromatic heterocycles. The lowest BCUT2D eigenvalue weighted by Gasteiger charge is -1.96. The molecule has 6 heteroatoms. The molecule has 0 saturated carbocycles. The average Bonchev–Trinajstić information content (AvgIpc) is 2.32. The van der Waals surface area contributed by atoms with Crippen LogP contribution in [0.15, 0.2) is 6.07 Å². The lowest BCUT2D eigenvalue weighted by atomic mass is 10.5. The van der Waals surface area contributed by atoms with E-state index in [2.05, 4.69) is 10.1 Å². The van der Waals surface area contributed by atoms with Crippen molar-refractivity contribution in [2.24, 2.45) is 7.05 Å². The number of hydrogen-bond donors (Lipinski definition) is 1. The zero-order valence-corrected chi connectivity index (χ0v) is 8.17. The minimum atomic E-state index is 0.388. The van der Waals surface area contributed by atoms with E-state index in [1.54, 1.807) is 10.6 Å². The quantitative estimate of drug-likeness (QED) is 0.628. The summed E-state index contributed by atoms with van der Waals surface area (Å²) in [5.41, 5.74) is 6.43. The number of nitrogen functional groups attached to an aromatic ring is 1. The molecule has 0 spiro atoms. The lowest BCUT2D eigenvalue weighted by molar-refractivity contribution is 0.864. The fraction of sp³-hybridized carbons (Fsp3) is 0.286. The Balaban J connectivity index is 3.03. The maximum Gasteiger partial charge on any atom is 0.224 e. The highest BCUT2D eigenvalue weighted by Crippen LogP contribution is 2.07. The highest BCUT2D eigenvalue weighted by Gasteiger charge is 2.04. The van der Waals surface area contributed by atoms with E-state index in [0.717, 1.165) is 11.5 Å². The standard InChI is InChI=1S/C7H9N5S/c1-4-10-12-6(11(4)2)3-5(8)9-7(12)13/h3H,1-2H3,(H2,8,9,13). The van der Waals surface area contributed by atoms with E-state index in [9.17, 15) is 0 Å². The second kappa shape index (κ2) is 2.53. The third kappa shape index (κ3) is 1.10. The van der Waals surface area contributed by atoms with E-state index in [4.69, 9.17) is 18.0 Å². The van der Waals surface area contributed by atoms with Crippen LogP contribution in [0, 0.1) is 11.7 Å². The van der Waals surface area contributed by atoms with Gasteiger partial charge in [0.2, 0.25) is 4.77 Å². The first-order chi connectivity index (χ1) is 6.09. The third-order valence-electron chi connectivity index (χ3n) is 1.97. The fourth-order valence-corrected chi connectivity index (χ4v) is 1.43. The molecule has 2 aromatic rings. The molecule has 0 saturated heterocycles. The molecule has 0 unspecified atom stereocenters. The van der Waals surface area contributed by atoms with Crippen LogP contribution in [0.5, 0.6) is 0 Å². The Labute approximate surface area is 79.8 Å². The summed E-state index contributed by atoms with van der Waals surface area (Å²) in [5.74, 6) is 1.30. The van der Waals surface area contributed by atoms with E-state index < -0.39 is 0 Å². The first-order valence-electron chi connectivity index (χ1n) is 3.78. The summed E-state index contributed by atoms with van der Waals surface area (Å²) in [7, 11) is 1.91. The van der Waals surface area contributed by atoms with Gasteiger partial charge in [-0.3, -0.25) is 0 Å². The van der Waals surface area contributed by atoms with Crippen LogP contribution < -0.4 is 5.73 Å². The maximum atomic E-state index is 5.57. The molecule has 2 rings (SSSR count). The monoisotopic (exact) mass is 195 g/mol.